The molecule has 0 saturated carbocycles. The lowest BCUT2D eigenvalue weighted by molar-refractivity contribution is -0.123. The Hall–Kier alpha value is -1.75. The van der Waals surface area contributed by atoms with Crippen molar-refractivity contribution in [2.45, 2.75) is 44.7 Å². The van der Waals surface area contributed by atoms with Gasteiger partial charge in [0.1, 0.15) is 5.75 Å². The van der Waals surface area contributed by atoms with Gasteiger partial charge in [0.25, 0.3) is 0 Å². The molecule has 2 rings (SSSR count). The monoisotopic (exact) mass is 305 g/mol. The van der Waals surface area contributed by atoms with Gasteiger partial charge in [0, 0.05) is 19.1 Å². The van der Waals surface area contributed by atoms with Crippen molar-refractivity contribution < 1.29 is 9.53 Å². The van der Waals surface area contributed by atoms with Crippen LogP contribution in [-0.2, 0) is 4.79 Å². The number of methoxy groups -OCH3 is 1. The zero-order valence-corrected chi connectivity index (χ0v) is 13.5. The molecule has 1 amide bonds. The third kappa shape index (κ3) is 4.13. The average molecular weight is 305 g/mol. The summed E-state index contributed by atoms with van der Waals surface area (Å²) in [5.41, 5.74) is 6.98. The van der Waals surface area contributed by atoms with E-state index < -0.39 is 0 Å². The van der Waals surface area contributed by atoms with Crippen molar-refractivity contribution in [3.8, 4) is 5.75 Å². The Balaban J connectivity index is 1.86. The first kappa shape index (κ1) is 16.6. The lowest BCUT2D eigenvalue weighted by Gasteiger charge is -2.35. The normalized spacial score (nSPS) is 17.1. The molecule has 122 valence electrons. The molecule has 1 heterocycles. The number of benzene rings is 1. The largest absolute Gasteiger partial charge is 0.495 e. The molecule has 3 N–H and O–H groups in total. The van der Waals surface area contributed by atoms with Gasteiger partial charge in [0.15, 0.2) is 0 Å². The number of para-hydroxylation sites is 2. The fourth-order valence-corrected chi connectivity index (χ4v) is 2.91. The van der Waals surface area contributed by atoms with Gasteiger partial charge in [-0.25, -0.2) is 0 Å². The van der Waals surface area contributed by atoms with Gasteiger partial charge in [0.2, 0.25) is 5.91 Å². The van der Waals surface area contributed by atoms with Crippen LogP contribution in [-0.4, -0.2) is 38.2 Å². The zero-order valence-electron chi connectivity index (χ0n) is 13.5. The van der Waals surface area contributed by atoms with E-state index in [1.54, 1.807) is 7.11 Å². The summed E-state index contributed by atoms with van der Waals surface area (Å²) in [6.45, 7) is 3.86. The minimum atomic E-state index is -0.378. The summed E-state index contributed by atoms with van der Waals surface area (Å²) < 4.78 is 5.42. The molecule has 1 aliphatic heterocycles. The van der Waals surface area contributed by atoms with Crippen molar-refractivity contribution in [3.63, 3.8) is 0 Å². The maximum atomic E-state index is 12.0. The second-order valence-electron chi connectivity index (χ2n) is 5.84. The van der Waals surface area contributed by atoms with E-state index in [0.717, 1.165) is 50.2 Å². The van der Waals surface area contributed by atoms with E-state index in [-0.39, 0.29) is 18.0 Å². The topological polar surface area (TPSA) is 67.6 Å². The summed E-state index contributed by atoms with van der Waals surface area (Å²) in [5.74, 6) is 0.882. The maximum Gasteiger partial charge on any atom is 0.237 e. The third-order valence-electron chi connectivity index (χ3n) is 4.20. The van der Waals surface area contributed by atoms with E-state index in [2.05, 4.69) is 16.3 Å². The van der Waals surface area contributed by atoms with Crippen molar-refractivity contribution in [1.82, 2.24) is 5.32 Å². The van der Waals surface area contributed by atoms with E-state index in [0.29, 0.717) is 0 Å². The minimum absolute atomic E-state index is 0.0161. The van der Waals surface area contributed by atoms with E-state index in [1.807, 2.05) is 25.1 Å². The van der Waals surface area contributed by atoms with Crippen molar-refractivity contribution in [3.05, 3.63) is 24.3 Å². The lowest BCUT2D eigenvalue weighted by atomic mass is 10.0. The Bertz CT molecular complexity index is 485. The highest BCUT2D eigenvalue weighted by molar-refractivity contribution is 5.81. The first-order valence-electron chi connectivity index (χ1n) is 8.09. The van der Waals surface area contributed by atoms with Crippen LogP contribution in [0.2, 0.25) is 0 Å². The molecular formula is C17H27N3O2. The number of carbonyl (C=O) groups excluding carboxylic acids is 1. The molecule has 1 fully saturated rings. The number of hydrogen-bond acceptors (Lipinski definition) is 4. The predicted octanol–water partition coefficient (Wildman–Crippen LogP) is 1.91. The van der Waals surface area contributed by atoms with Gasteiger partial charge in [-0.1, -0.05) is 25.5 Å². The Morgan fingerprint density at radius 2 is 2.09 bits per heavy atom. The van der Waals surface area contributed by atoms with Gasteiger partial charge in [-0.15, -0.1) is 0 Å². The predicted molar refractivity (Wildman–Crippen MR) is 89.3 cm³/mol. The number of nitrogens with two attached hydrogens (primary N) is 1. The number of piperidine rings is 1. The van der Waals surface area contributed by atoms with Crippen molar-refractivity contribution >= 4 is 11.6 Å². The standard InChI is InChI=1S/C17H27N3O2/c1-3-6-14(18)17(21)19-13-9-11-20(12-10-13)15-7-4-5-8-16(15)22-2/h4-5,7-8,13-14H,3,6,9-12,18H2,1-2H3,(H,19,21). The fourth-order valence-electron chi connectivity index (χ4n) is 2.91. The van der Waals surface area contributed by atoms with E-state index in [9.17, 15) is 4.79 Å². The molecule has 0 spiro atoms. The van der Waals surface area contributed by atoms with E-state index >= 15 is 0 Å². The number of anilines is 1. The molecule has 1 aromatic carbocycles. The summed E-state index contributed by atoms with van der Waals surface area (Å²) in [4.78, 5) is 14.3. The highest BCUT2D eigenvalue weighted by Gasteiger charge is 2.24. The van der Waals surface area contributed by atoms with Crippen molar-refractivity contribution in [2.75, 3.05) is 25.1 Å². The van der Waals surface area contributed by atoms with Crippen molar-refractivity contribution in [2.24, 2.45) is 5.73 Å². The molecular weight excluding hydrogens is 278 g/mol. The SMILES string of the molecule is CCCC(N)C(=O)NC1CCN(c2ccccc2OC)CC1. The van der Waals surface area contributed by atoms with Gasteiger partial charge in [-0.05, 0) is 31.4 Å². The Kier molecular flexibility index (Phi) is 6.07. The first-order valence-corrected chi connectivity index (χ1v) is 8.09. The molecule has 0 aromatic heterocycles. The van der Waals surface area contributed by atoms with Crippen LogP contribution in [0.5, 0.6) is 5.75 Å². The van der Waals surface area contributed by atoms with Crippen LogP contribution < -0.4 is 20.7 Å². The first-order chi connectivity index (χ1) is 10.7. The minimum Gasteiger partial charge on any atom is -0.495 e. The second-order valence-corrected chi connectivity index (χ2v) is 5.84. The highest BCUT2D eigenvalue weighted by Crippen LogP contribution is 2.29. The van der Waals surface area contributed by atoms with Crippen molar-refractivity contribution in [1.29, 1.82) is 0 Å². The number of carbonyl (C=O) groups is 1. The summed E-state index contributed by atoms with van der Waals surface area (Å²) in [6.07, 6.45) is 3.54. The van der Waals surface area contributed by atoms with Crippen LogP contribution in [0.1, 0.15) is 32.6 Å². The molecule has 0 radical (unpaired) electrons. The molecule has 5 heteroatoms. The quantitative estimate of drug-likeness (QED) is 0.842. The number of rotatable bonds is 6. The molecule has 1 saturated heterocycles. The Morgan fingerprint density at radius 3 is 2.73 bits per heavy atom. The Labute approximate surface area is 132 Å². The number of hydrogen-bond donors (Lipinski definition) is 2. The summed E-state index contributed by atoms with van der Waals surface area (Å²) in [5, 5.41) is 3.08. The van der Waals surface area contributed by atoms with Gasteiger partial charge < -0.3 is 20.7 Å². The molecule has 0 bridgehead atoms. The number of nitrogens with zero attached hydrogens (tertiary/aromatic N) is 1. The van der Waals surface area contributed by atoms with Gasteiger partial charge in [0.05, 0.1) is 18.8 Å². The molecule has 0 aliphatic carbocycles. The van der Waals surface area contributed by atoms with Crippen LogP contribution in [0, 0.1) is 0 Å². The molecule has 22 heavy (non-hydrogen) atoms. The molecule has 1 atom stereocenters. The third-order valence-corrected chi connectivity index (χ3v) is 4.20. The van der Waals surface area contributed by atoms with Crippen LogP contribution in [0.15, 0.2) is 24.3 Å². The average Bonchev–Trinajstić information content (AvgIpc) is 2.55. The Morgan fingerprint density at radius 1 is 1.41 bits per heavy atom. The zero-order chi connectivity index (χ0) is 15.9. The highest BCUT2D eigenvalue weighted by atomic mass is 16.5. The number of nitrogens with one attached hydrogen (secondary N) is 1. The molecule has 1 aromatic rings. The summed E-state index contributed by atoms with van der Waals surface area (Å²) in [6, 6.07) is 7.90. The van der Waals surface area contributed by atoms with Gasteiger partial charge in [-0.3, -0.25) is 4.79 Å². The van der Waals surface area contributed by atoms with E-state index in [1.165, 1.54) is 0 Å². The maximum absolute atomic E-state index is 12.0. The van der Waals surface area contributed by atoms with Gasteiger partial charge >= 0.3 is 0 Å². The fraction of sp³-hybridized carbons (Fsp3) is 0.588. The number of ether oxygens (including phenoxy) is 1. The van der Waals surface area contributed by atoms with E-state index in [4.69, 9.17) is 10.5 Å². The van der Waals surface area contributed by atoms with Crippen LogP contribution in [0.4, 0.5) is 5.69 Å². The smallest absolute Gasteiger partial charge is 0.237 e. The number of amides is 1. The second kappa shape index (κ2) is 8.03. The lowest BCUT2D eigenvalue weighted by Crippen LogP contribution is -2.49. The van der Waals surface area contributed by atoms with Gasteiger partial charge in [-0.2, -0.15) is 0 Å². The van der Waals surface area contributed by atoms with Crippen LogP contribution in [0.25, 0.3) is 0 Å². The molecule has 5 nitrogen and oxygen atoms in total. The molecule has 1 aliphatic rings. The molecule has 1 unspecified atom stereocenters. The summed E-state index contributed by atoms with van der Waals surface area (Å²) >= 11 is 0. The van der Waals surface area contributed by atoms with Crippen LogP contribution >= 0.6 is 0 Å². The summed E-state index contributed by atoms with van der Waals surface area (Å²) in [7, 11) is 1.70. The van der Waals surface area contributed by atoms with Crippen LogP contribution in [0.3, 0.4) is 0 Å².